The van der Waals surface area contributed by atoms with Gasteiger partial charge in [0.05, 0.1) is 11.8 Å². The van der Waals surface area contributed by atoms with Crippen molar-refractivity contribution in [1.82, 2.24) is 20.4 Å². The highest BCUT2D eigenvalue weighted by molar-refractivity contribution is 5.93. The number of amides is 1. The van der Waals surface area contributed by atoms with Gasteiger partial charge in [0.2, 0.25) is 0 Å². The van der Waals surface area contributed by atoms with Crippen molar-refractivity contribution in [3.05, 3.63) is 18.0 Å². The predicted molar refractivity (Wildman–Crippen MR) is 61.1 cm³/mol. The molecule has 1 fully saturated rings. The average molecular weight is 222 g/mol. The first-order valence-electron chi connectivity index (χ1n) is 5.73. The molecule has 1 aliphatic heterocycles. The summed E-state index contributed by atoms with van der Waals surface area (Å²) in [5.74, 6) is 0.535. The molecule has 1 aromatic heterocycles. The maximum absolute atomic E-state index is 11.7. The van der Waals surface area contributed by atoms with E-state index < -0.39 is 0 Å². The SMILES string of the molecule is Cn1cc(C(=O)NCC2CCCNC2)cn1. The number of carbonyl (C=O) groups is 1. The fraction of sp³-hybridized carbons (Fsp3) is 0.636. The Hall–Kier alpha value is -1.36. The summed E-state index contributed by atoms with van der Waals surface area (Å²) in [7, 11) is 1.81. The summed E-state index contributed by atoms with van der Waals surface area (Å²) < 4.78 is 1.64. The second-order valence-corrected chi connectivity index (χ2v) is 4.33. The summed E-state index contributed by atoms with van der Waals surface area (Å²) in [4.78, 5) is 11.7. The minimum Gasteiger partial charge on any atom is -0.352 e. The average Bonchev–Trinajstić information content (AvgIpc) is 2.74. The first-order valence-corrected chi connectivity index (χ1v) is 5.73. The first kappa shape index (κ1) is 11.1. The molecule has 16 heavy (non-hydrogen) atoms. The zero-order valence-corrected chi connectivity index (χ0v) is 9.57. The van der Waals surface area contributed by atoms with Crippen LogP contribution in [-0.2, 0) is 7.05 Å². The number of aromatic nitrogens is 2. The fourth-order valence-corrected chi connectivity index (χ4v) is 1.98. The minimum absolute atomic E-state index is 0.0290. The molecule has 5 nitrogen and oxygen atoms in total. The Morgan fingerprint density at radius 1 is 1.75 bits per heavy atom. The van der Waals surface area contributed by atoms with E-state index in [1.165, 1.54) is 12.8 Å². The van der Waals surface area contributed by atoms with Crippen LogP contribution < -0.4 is 10.6 Å². The van der Waals surface area contributed by atoms with Gasteiger partial charge < -0.3 is 10.6 Å². The lowest BCUT2D eigenvalue weighted by atomic mass is 10.00. The molecule has 1 atom stereocenters. The van der Waals surface area contributed by atoms with Crippen LogP contribution >= 0.6 is 0 Å². The molecule has 0 saturated carbocycles. The van der Waals surface area contributed by atoms with Crippen LogP contribution in [0.3, 0.4) is 0 Å². The summed E-state index contributed by atoms with van der Waals surface area (Å²) in [6.07, 6.45) is 5.72. The van der Waals surface area contributed by atoms with Crippen LogP contribution in [0.5, 0.6) is 0 Å². The van der Waals surface area contributed by atoms with Gasteiger partial charge in [-0.3, -0.25) is 9.48 Å². The second kappa shape index (κ2) is 5.12. The molecule has 0 spiro atoms. The van der Waals surface area contributed by atoms with Crippen LogP contribution in [0.1, 0.15) is 23.2 Å². The van der Waals surface area contributed by atoms with Gasteiger partial charge >= 0.3 is 0 Å². The molecular formula is C11H18N4O. The molecule has 2 heterocycles. The van der Waals surface area contributed by atoms with Crippen molar-refractivity contribution in [2.24, 2.45) is 13.0 Å². The van der Waals surface area contributed by atoms with Gasteiger partial charge in [-0.2, -0.15) is 5.10 Å². The normalized spacial score (nSPS) is 20.7. The molecule has 0 bridgehead atoms. The van der Waals surface area contributed by atoms with Crippen molar-refractivity contribution >= 4 is 5.91 Å². The van der Waals surface area contributed by atoms with Crippen molar-refractivity contribution in [1.29, 1.82) is 0 Å². The Labute approximate surface area is 95.2 Å². The van der Waals surface area contributed by atoms with Gasteiger partial charge in [-0.05, 0) is 31.8 Å². The van der Waals surface area contributed by atoms with E-state index in [0.29, 0.717) is 11.5 Å². The van der Waals surface area contributed by atoms with E-state index in [-0.39, 0.29) is 5.91 Å². The summed E-state index contributed by atoms with van der Waals surface area (Å²) in [5.41, 5.74) is 0.631. The molecule has 1 amide bonds. The van der Waals surface area contributed by atoms with E-state index in [0.717, 1.165) is 19.6 Å². The molecule has 1 aromatic rings. The van der Waals surface area contributed by atoms with E-state index in [2.05, 4.69) is 15.7 Å². The summed E-state index contributed by atoms with van der Waals surface area (Å²) in [5, 5.41) is 10.3. The van der Waals surface area contributed by atoms with Crippen molar-refractivity contribution in [2.75, 3.05) is 19.6 Å². The smallest absolute Gasteiger partial charge is 0.254 e. The third-order valence-electron chi connectivity index (χ3n) is 2.92. The molecule has 2 rings (SSSR count). The van der Waals surface area contributed by atoms with Gasteiger partial charge in [-0.25, -0.2) is 0 Å². The monoisotopic (exact) mass is 222 g/mol. The molecule has 0 radical (unpaired) electrons. The van der Waals surface area contributed by atoms with Gasteiger partial charge in [-0.1, -0.05) is 0 Å². The number of hydrogen-bond acceptors (Lipinski definition) is 3. The Balaban J connectivity index is 1.79. The third-order valence-corrected chi connectivity index (χ3v) is 2.92. The van der Waals surface area contributed by atoms with Gasteiger partial charge in [0.25, 0.3) is 5.91 Å². The fourth-order valence-electron chi connectivity index (χ4n) is 1.98. The number of carbonyl (C=O) groups excluding carboxylic acids is 1. The van der Waals surface area contributed by atoms with E-state index in [4.69, 9.17) is 0 Å². The van der Waals surface area contributed by atoms with Gasteiger partial charge in [0.1, 0.15) is 0 Å². The third kappa shape index (κ3) is 2.82. The van der Waals surface area contributed by atoms with Gasteiger partial charge in [0.15, 0.2) is 0 Å². The van der Waals surface area contributed by atoms with Crippen LogP contribution in [0.4, 0.5) is 0 Å². The first-order chi connectivity index (χ1) is 7.75. The summed E-state index contributed by atoms with van der Waals surface area (Å²) >= 11 is 0. The lowest BCUT2D eigenvalue weighted by Gasteiger charge is -2.22. The Bertz CT molecular complexity index is 355. The maximum Gasteiger partial charge on any atom is 0.254 e. The van der Waals surface area contributed by atoms with E-state index in [1.807, 2.05) is 7.05 Å². The molecule has 2 N–H and O–H groups in total. The molecular weight excluding hydrogens is 204 g/mol. The number of rotatable bonds is 3. The number of piperidine rings is 1. The summed E-state index contributed by atoms with van der Waals surface area (Å²) in [6, 6.07) is 0. The van der Waals surface area contributed by atoms with Crippen molar-refractivity contribution in [3.63, 3.8) is 0 Å². The minimum atomic E-state index is -0.0290. The lowest BCUT2D eigenvalue weighted by Crippen LogP contribution is -2.38. The van der Waals surface area contributed by atoms with Crippen LogP contribution in [-0.4, -0.2) is 35.3 Å². The zero-order valence-electron chi connectivity index (χ0n) is 9.57. The Morgan fingerprint density at radius 2 is 2.62 bits per heavy atom. The number of hydrogen-bond donors (Lipinski definition) is 2. The number of aryl methyl sites for hydroxylation is 1. The highest BCUT2D eigenvalue weighted by Crippen LogP contribution is 2.08. The molecule has 1 unspecified atom stereocenters. The van der Waals surface area contributed by atoms with E-state index >= 15 is 0 Å². The van der Waals surface area contributed by atoms with Crippen molar-refractivity contribution in [2.45, 2.75) is 12.8 Å². The zero-order chi connectivity index (χ0) is 11.4. The molecule has 5 heteroatoms. The molecule has 1 aliphatic rings. The molecule has 0 aliphatic carbocycles. The highest BCUT2D eigenvalue weighted by atomic mass is 16.1. The van der Waals surface area contributed by atoms with Crippen LogP contribution in [0.2, 0.25) is 0 Å². The predicted octanol–water partition coefficient (Wildman–Crippen LogP) is 0.150. The van der Waals surface area contributed by atoms with Crippen molar-refractivity contribution in [3.8, 4) is 0 Å². The van der Waals surface area contributed by atoms with Crippen LogP contribution in [0, 0.1) is 5.92 Å². The van der Waals surface area contributed by atoms with Crippen LogP contribution in [0.25, 0.3) is 0 Å². The lowest BCUT2D eigenvalue weighted by molar-refractivity contribution is 0.0945. The molecule has 1 saturated heterocycles. The second-order valence-electron chi connectivity index (χ2n) is 4.33. The topological polar surface area (TPSA) is 59.0 Å². The van der Waals surface area contributed by atoms with E-state index in [9.17, 15) is 4.79 Å². The maximum atomic E-state index is 11.7. The Kier molecular flexibility index (Phi) is 3.56. The standard InChI is InChI=1S/C11H18N4O/c1-15-8-10(7-14-15)11(16)13-6-9-3-2-4-12-5-9/h7-9,12H,2-6H2,1H3,(H,13,16). The Morgan fingerprint density at radius 3 is 3.25 bits per heavy atom. The van der Waals surface area contributed by atoms with E-state index in [1.54, 1.807) is 17.1 Å². The van der Waals surface area contributed by atoms with Crippen LogP contribution in [0.15, 0.2) is 12.4 Å². The van der Waals surface area contributed by atoms with Gasteiger partial charge in [0, 0.05) is 19.8 Å². The van der Waals surface area contributed by atoms with Crippen molar-refractivity contribution < 1.29 is 4.79 Å². The largest absolute Gasteiger partial charge is 0.352 e. The number of nitrogens with zero attached hydrogens (tertiary/aromatic N) is 2. The quantitative estimate of drug-likeness (QED) is 0.765. The number of nitrogens with one attached hydrogen (secondary N) is 2. The molecule has 0 aromatic carbocycles. The summed E-state index contributed by atoms with van der Waals surface area (Å²) in [6.45, 7) is 2.86. The van der Waals surface area contributed by atoms with Gasteiger partial charge in [-0.15, -0.1) is 0 Å². The highest BCUT2D eigenvalue weighted by Gasteiger charge is 2.14. The molecule has 88 valence electrons.